The summed E-state index contributed by atoms with van der Waals surface area (Å²) in [5, 5.41) is 6.63. The van der Waals surface area contributed by atoms with E-state index in [-0.39, 0.29) is 0 Å². The van der Waals surface area contributed by atoms with E-state index in [4.69, 9.17) is 10.5 Å². The van der Waals surface area contributed by atoms with Gasteiger partial charge in [0.15, 0.2) is 0 Å². The van der Waals surface area contributed by atoms with Crippen LogP contribution in [0.25, 0.3) is 5.76 Å². The van der Waals surface area contributed by atoms with Gasteiger partial charge in [-0.1, -0.05) is 6.58 Å². The van der Waals surface area contributed by atoms with Crippen LogP contribution in [0.2, 0.25) is 0 Å². The molecule has 1 aromatic rings. The van der Waals surface area contributed by atoms with Crippen molar-refractivity contribution in [3.63, 3.8) is 0 Å². The Morgan fingerprint density at radius 1 is 1.83 bits per heavy atom. The average Bonchev–Trinajstić information content (AvgIpc) is 2.51. The van der Waals surface area contributed by atoms with E-state index in [0.29, 0.717) is 18.9 Å². The lowest BCUT2D eigenvalue weighted by molar-refractivity contribution is 0.299. The Labute approximate surface area is 71.4 Å². The van der Waals surface area contributed by atoms with Gasteiger partial charge in [0.1, 0.15) is 5.76 Å². The predicted octanol–water partition coefficient (Wildman–Crippen LogP) is 0.876. The number of aromatic amines is 1. The molecule has 0 unspecified atom stereocenters. The number of H-pyrrole nitrogens is 1. The zero-order chi connectivity index (χ0) is 8.97. The second-order valence-electron chi connectivity index (χ2n) is 2.32. The minimum atomic E-state index is 0.418. The number of rotatable bonds is 4. The van der Waals surface area contributed by atoms with E-state index in [0.717, 1.165) is 11.3 Å². The highest BCUT2D eigenvalue weighted by Gasteiger charge is 2.06. The fraction of sp³-hybridized carbons (Fsp3) is 0.375. The number of hydrogen-bond donors (Lipinski definition) is 2. The van der Waals surface area contributed by atoms with E-state index in [1.165, 1.54) is 0 Å². The smallest absolute Gasteiger partial charge is 0.122 e. The monoisotopic (exact) mass is 167 g/mol. The minimum absolute atomic E-state index is 0.418. The fourth-order valence-electron chi connectivity index (χ4n) is 0.961. The normalized spacial score (nSPS) is 9.83. The predicted molar refractivity (Wildman–Crippen MR) is 47.1 cm³/mol. The van der Waals surface area contributed by atoms with Crippen LogP contribution in [0.5, 0.6) is 0 Å². The molecule has 66 valence electrons. The van der Waals surface area contributed by atoms with Crippen molar-refractivity contribution in [3.8, 4) is 0 Å². The highest BCUT2D eigenvalue weighted by molar-refractivity contribution is 5.58. The zero-order valence-corrected chi connectivity index (χ0v) is 7.13. The molecule has 0 aliphatic heterocycles. The highest BCUT2D eigenvalue weighted by atomic mass is 16.5. The van der Waals surface area contributed by atoms with Crippen molar-refractivity contribution in [2.75, 3.05) is 6.61 Å². The Balaban J connectivity index is 2.79. The molecule has 0 atom stereocenters. The molecule has 4 nitrogen and oxygen atoms in total. The third-order valence-corrected chi connectivity index (χ3v) is 1.54. The number of nitrogens with two attached hydrogens (primary N) is 1. The molecule has 0 radical (unpaired) electrons. The first-order valence-electron chi connectivity index (χ1n) is 3.84. The highest BCUT2D eigenvalue weighted by Crippen LogP contribution is 2.15. The van der Waals surface area contributed by atoms with E-state index in [9.17, 15) is 0 Å². The molecule has 0 aromatic carbocycles. The van der Waals surface area contributed by atoms with Crippen molar-refractivity contribution in [2.45, 2.75) is 13.5 Å². The second kappa shape index (κ2) is 3.92. The number of nitrogens with one attached hydrogen (secondary N) is 1. The quantitative estimate of drug-likeness (QED) is 0.654. The van der Waals surface area contributed by atoms with E-state index in [2.05, 4.69) is 16.8 Å². The third-order valence-electron chi connectivity index (χ3n) is 1.54. The first-order valence-corrected chi connectivity index (χ1v) is 3.84. The van der Waals surface area contributed by atoms with Crippen molar-refractivity contribution in [1.82, 2.24) is 10.2 Å². The maximum Gasteiger partial charge on any atom is 0.122 e. The molecule has 4 heteroatoms. The maximum atomic E-state index is 5.46. The molecule has 1 rings (SSSR count). The summed E-state index contributed by atoms with van der Waals surface area (Å²) in [5.41, 5.74) is 7.18. The molecule has 0 amide bonds. The maximum absolute atomic E-state index is 5.46. The SMILES string of the molecule is C=C(OCC)c1cn[nH]c1CN. The average molecular weight is 167 g/mol. The molecule has 0 saturated carbocycles. The zero-order valence-electron chi connectivity index (χ0n) is 7.13. The van der Waals surface area contributed by atoms with Gasteiger partial charge in [-0.05, 0) is 6.92 Å². The van der Waals surface area contributed by atoms with Gasteiger partial charge in [0, 0.05) is 6.54 Å². The number of ether oxygens (including phenoxy) is 1. The molecule has 0 bridgehead atoms. The van der Waals surface area contributed by atoms with Crippen LogP contribution in [-0.4, -0.2) is 16.8 Å². The third kappa shape index (κ3) is 1.65. The molecular formula is C8H13N3O. The molecule has 0 fully saturated rings. The molecular weight excluding hydrogens is 154 g/mol. The van der Waals surface area contributed by atoms with Crippen LogP contribution in [-0.2, 0) is 11.3 Å². The van der Waals surface area contributed by atoms with Gasteiger partial charge < -0.3 is 10.5 Å². The summed E-state index contributed by atoms with van der Waals surface area (Å²) < 4.78 is 5.22. The lowest BCUT2D eigenvalue weighted by Gasteiger charge is -2.05. The topological polar surface area (TPSA) is 63.9 Å². The summed E-state index contributed by atoms with van der Waals surface area (Å²) >= 11 is 0. The largest absolute Gasteiger partial charge is 0.494 e. The van der Waals surface area contributed by atoms with Gasteiger partial charge in [-0.25, -0.2) is 0 Å². The van der Waals surface area contributed by atoms with Crippen LogP contribution < -0.4 is 5.73 Å². The Morgan fingerprint density at radius 2 is 2.58 bits per heavy atom. The summed E-state index contributed by atoms with van der Waals surface area (Å²) in [7, 11) is 0. The Bertz CT molecular complexity index is 267. The molecule has 0 aliphatic rings. The van der Waals surface area contributed by atoms with Crippen LogP contribution >= 0.6 is 0 Å². The van der Waals surface area contributed by atoms with Gasteiger partial charge in [-0.3, -0.25) is 5.10 Å². The molecule has 1 aromatic heterocycles. The summed E-state index contributed by atoms with van der Waals surface area (Å²) in [6, 6.07) is 0. The van der Waals surface area contributed by atoms with E-state index in [1.807, 2.05) is 6.92 Å². The lowest BCUT2D eigenvalue weighted by atomic mass is 10.2. The summed E-state index contributed by atoms with van der Waals surface area (Å²) in [6.07, 6.45) is 1.67. The van der Waals surface area contributed by atoms with Gasteiger partial charge in [0.2, 0.25) is 0 Å². The van der Waals surface area contributed by atoms with Crippen molar-refractivity contribution in [2.24, 2.45) is 5.73 Å². The summed E-state index contributed by atoms with van der Waals surface area (Å²) in [4.78, 5) is 0. The van der Waals surface area contributed by atoms with Crippen LogP contribution in [0, 0.1) is 0 Å². The van der Waals surface area contributed by atoms with E-state index < -0.39 is 0 Å². The Morgan fingerprint density at radius 3 is 3.17 bits per heavy atom. The van der Waals surface area contributed by atoms with Crippen molar-refractivity contribution >= 4 is 5.76 Å². The Hall–Kier alpha value is -1.29. The van der Waals surface area contributed by atoms with E-state index >= 15 is 0 Å². The number of nitrogens with zero attached hydrogens (tertiary/aromatic N) is 1. The summed E-state index contributed by atoms with van der Waals surface area (Å²) in [5.74, 6) is 0.617. The van der Waals surface area contributed by atoms with Crippen molar-refractivity contribution in [1.29, 1.82) is 0 Å². The molecule has 1 heterocycles. The van der Waals surface area contributed by atoms with E-state index in [1.54, 1.807) is 6.20 Å². The van der Waals surface area contributed by atoms with Crippen LogP contribution in [0.4, 0.5) is 0 Å². The van der Waals surface area contributed by atoms with Crippen LogP contribution in [0.3, 0.4) is 0 Å². The fourth-order valence-corrected chi connectivity index (χ4v) is 0.961. The van der Waals surface area contributed by atoms with Gasteiger partial charge in [0.25, 0.3) is 0 Å². The van der Waals surface area contributed by atoms with Crippen molar-refractivity contribution < 1.29 is 4.74 Å². The van der Waals surface area contributed by atoms with Gasteiger partial charge >= 0.3 is 0 Å². The molecule has 0 saturated heterocycles. The van der Waals surface area contributed by atoms with Gasteiger partial charge in [-0.2, -0.15) is 5.10 Å². The lowest BCUT2D eigenvalue weighted by Crippen LogP contribution is -2.01. The van der Waals surface area contributed by atoms with Crippen LogP contribution in [0.1, 0.15) is 18.2 Å². The van der Waals surface area contributed by atoms with Crippen LogP contribution in [0.15, 0.2) is 12.8 Å². The Kier molecular flexibility index (Phi) is 2.88. The van der Waals surface area contributed by atoms with Crippen molar-refractivity contribution in [3.05, 3.63) is 24.0 Å². The molecule has 12 heavy (non-hydrogen) atoms. The molecule has 0 spiro atoms. The summed E-state index contributed by atoms with van der Waals surface area (Å²) in [6.45, 7) is 6.69. The second-order valence-corrected chi connectivity index (χ2v) is 2.32. The molecule has 0 aliphatic carbocycles. The number of aromatic nitrogens is 2. The minimum Gasteiger partial charge on any atom is -0.494 e. The number of hydrogen-bond acceptors (Lipinski definition) is 3. The standard InChI is InChI=1S/C8H13N3O/c1-3-12-6(2)7-5-10-11-8(7)4-9/h5H,2-4,9H2,1H3,(H,10,11). The van der Waals surface area contributed by atoms with Gasteiger partial charge in [0.05, 0.1) is 24.1 Å². The first kappa shape index (κ1) is 8.80. The van der Waals surface area contributed by atoms with Gasteiger partial charge in [-0.15, -0.1) is 0 Å². The molecule has 3 N–H and O–H groups in total. The first-order chi connectivity index (χ1) is 5.79.